The van der Waals surface area contributed by atoms with Crippen molar-refractivity contribution in [2.24, 2.45) is 29.1 Å². The lowest BCUT2D eigenvalue weighted by atomic mass is 9.55. The van der Waals surface area contributed by atoms with Gasteiger partial charge in [-0.3, -0.25) is 9.59 Å². The number of Topliss-reactive ketones (excluding diaryl/α,β-unsaturated/α-hetero) is 1. The third kappa shape index (κ3) is 3.54. The number of rotatable bonds is 4. The van der Waals surface area contributed by atoms with Crippen molar-refractivity contribution in [1.29, 1.82) is 0 Å². The number of hydrogen-bond donors (Lipinski definition) is 1. The summed E-state index contributed by atoms with van der Waals surface area (Å²) in [5, 5.41) is 11.5. The fraction of sp³-hybridized carbons (Fsp3) is 0.630. The van der Waals surface area contributed by atoms with Crippen molar-refractivity contribution in [3.05, 3.63) is 47.5 Å². The SMILES string of the molecule is C[C@@H]1CCC=C2C[C@H]3OC(=O)[C@@H](CN4CCC(C(=O)c5ccccc5)CC4)[C@H]3[C@H](O)[C@@]21C. The minimum Gasteiger partial charge on any atom is -0.461 e. The van der Waals surface area contributed by atoms with Crippen LogP contribution in [0, 0.1) is 29.1 Å². The molecule has 0 amide bonds. The highest BCUT2D eigenvalue weighted by atomic mass is 16.6. The van der Waals surface area contributed by atoms with Gasteiger partial charge in [0.15, 0.2) is 5.78 Å². The van der Waals surface area contributed by atoms with Gasteiger partial charge >= 0.3 is 5.97 Å². The minimum atomic E-state index is -0.559. The van der Waals surface area contributed by atoms with Crippen LogP contribution in [0.1, 0.15) is 56.3 Å². The zero-order chi connectivity index (χ0) is 22.5. The first kappa shape index (κ1) is 21.8. The van der Waals surface area contributed by atoms with E-state index in [2.05, 4.69) is 24.8 Å². The zero-order valence-electron chi connectivity index (χ0n) is 19.2. The number of aliphatic hydroxyl groups is 1. The largest absolute Gasteiger partial charge is 0.461 e. The maximum atomic E-state index is 12.9. The molecule has 0 radical (unpaired) electrons. The van der Waals surface area contributed by atoms with Gasteiger partial charge in [-0.05, 0) is 44.7 Å². The van der Waals surface area contributed by atoms with E-state index in [1.165, 1.54) is 5.57 Å². The van der Waals surface area contributed by atoms with Crippen LogP contribution < -0.4 is 0 Å². The monoisotopic (exact) mass is 437 g/mol. The molecule has 0 spiro atoms. The van der Waals surface area contributed by atoms with Crippen molar-refractivity contribution in [1.82, 2.24) is 4.90 Å². The van der Waals surface area contributed by atoms with Gasteiger partial charge < -0.3 is 14.7 Å². The molecule has 2 saturated heterocycles. The molecular formula is C27H35NO4. The number of hydrogen-bond acceptors (Lipinski definition) is 5. The number of nitrogens with zero attached hydrogens (tertiary/aromatic N) is 1. The predicted octanol–water partition coefficient (Wildman–Crippen LogP) is 3.87. The topological polar surface area (TPSA) is 66.8 Å². The van der Waals surface area contributed by atoms with E-state index in [0.29, 0.717) is 12.5 Å². The van der Waals surface area contributed by atoms with Crippen molar-refractivity contribution >= 4 is 11.8 Å². The van der Waals surface area contributed by atoms with Gasteiger partial charge in [0.2, 0.25) is 0 Å². The number of benzene rings is 1. The highest BCUT2D eigenvalue weighted by Crippen LogP contribution is 2.56. The Kier molecular flexibility index (Phi) is 5.75. The molecule has 4 aliphatic rings. The number of carbonyl (C=O) groups excluding carboxylic acids is 2. The number of allylic oxidation sites excluding steroid dienone is 1. The lowest BCUT2D eigenvalue weighted by molar-refractivity contribution is -0.145. The van der Waals surface area contributed by atoms with Crippen molar-refractivity contribution in [2.45, 2.75) is 58.2 Å². The van der Waals surface area contributed by atoms with Crippen LogP contribution in [0.5, 0.6) is 0 Å². The fourth-order valence-electron chi connectivity index (χ4n) is 6.77. The zero-order valence-corrected chi connectivity index (χ0v) is 19.2. The second-order valence-corrected chi connectivity index (χ2v) is 10.6. The minimum absolute atomic E-state index is 0.0480. The lowest BCUT2D eigenvalue weighted by Crippen LogP contribution is -2.55. The molecule has 1 aromatic rings. The van der Waals surface area contributed by atoms with E-state index in [1.807, 2.05) is 30.3 Å². The van der Waals surface area contributed by atoms with Crippen LogP contribution in [-0.2, 0) is 9.53 Å². The van der Waals surface area contributed by atoms with E-state index < -0.39 is 6.10 Å². The fourth-order valence-corrected chi connectivity index (χ4v) is 6.77. The van der Waals surface area contributed by atoms with E-state index >= 15 is 0 Å². The quantitative estimate of drug-likeness (QED) is 0.440. The molecule has 2 heterocycles. The average molecular weight is 438 g/mol. The number of piperidine rings is 1. The Morgan fingerprint density at radius 1 is 1.19 bits per heavy atom. The molecule has 32 heavy (non-hydrogen) atoms. The molecule has 2 aliphatic heterocycles. The predicted molar refractivity (Wildman–Crippen MR) is 122 cm³/mol. The molecule has 1 N–H and O–H groups in total. The maximum absolute atomic E-state index is 12.9. The van der Waals surface area contributed by atoms with Gasteiger partial charge in [0, 0.05) is 35.8 Å². The van der Waals surface area contributed by atoms with Gasteiger partial charge in [-0.1, -0.05) is 55.8 Å². The van der Waals surface area contributed by atoms with Crippen LogP contribution in [0.4, 0.5) is 0 Å². The molecule has 1 aromatic carbocycles. The molecule has 0 aromatic heterocycles. The van der Waals surface area contributed by atoms with Crippen LogP contribution >= 0.6 is 0 Å². The third-order valence-corrected chi connectivity index (χ3v) is 9.04. The maximum Gasteiger partial charge on any atom is 0.311 e. The normalized spacial score (nSPS) is 37.9. The molecule has 172 valence electrons. The molecule has 6 atom stereocenters. The van der Waals surface area contributed by atoms with Gasteiger partial charge in [-0.15, -0.1) is 0 Å². The molecule has 5 heteroatoms. The Morgan fingerprint density at radius 2 is 1.91 bits per heavy atom. The second-order valence-electron chi connectivity index (χ2n) is 10.6. The number of esters is 1. The highest BCUT2D eigenvalue weighted by molar-refractivity contribution is 5.97. The summed E-state index contributed by atoms with van der Waals surface area (Å²) in [5.41, 5.74) is 1.80. The Bertz CT molecular complexity index is 903. The van der Waals surface area contributed by atoms with Crippen LogP contribution in [0.15, 0.2) is 42.0 Å². The van der Waals surface area contributed by atoms with Gasteiger partial charge in [0.05, 0.1) is 12.0 Å². The first-order valence-corrected chi connectivity index (χ1v) is 12.3. The van der Waals surface area contributed by atoms with Gasteiger partial charge in [0.1, 0.15) is 6.10 Å². The molecule has 2 aliphatic carbocycles. The molecule has 0 bridgehead atoms. The molecule has 0 unspecified atom stereocenters. The van der Waals surface area contributed by atoms with E-state index in [1.54, 1.807) is 0 Å². The molecule has 5 rings (SSSR count). The number of fused-ring (bicyclic) bond motifs is 2. The Labute approximate surface area is 190 Å². The first-order chi connectivity index (χ1) is 15.4. The molecule has 3 fully saturated rings. The van der Waals surface area contributed by atoms with Crippen LogP contribution in [0.2, 0.25) is 0 Å². The Hall–Kier alpha value is -1.98. The van der Waals surface area contributed by atoms with Crippen LogP contribution in [0.25, 0.3) is 0 Å². The first-order valence-electron chi connectivity index (χ1n) is 12.3. The van der Waals surface area contributed by atoms with Crippen LogP contribution in [-0.4, -0.2) is 53.6 Å². The second kappa shape index (κ2) is 8.42. The van der Waals surface area contributed by atoms with E-state index in [-0.39, 0.29) is 41.0 Å². The lowest BCUT2D eigenvalue weighted by Gasteiger charge is -2.52. The van der Waals surface area contributed by atoms with Crippen molar-refractivity contribution in [2.75, 3.05) is 19.6 Å². The summed E-state index contributed by atoms with van der Waals surface area (Å²) in [5.74, 6) is 0.0862. The van der Waals surface area contributed by atoms with Gasteiger partial charge in [0.25, 0.3) is 0 Å². The average Bonchev–Trinajstić information content (AvgIpc) is 3.11. The summed E-state index contributed by atoms with van der Waals surface area (Å²) >= 11 is 0. The van der Waals surface area contributed by atoms with Crippen molar-refractivity contribution < 1.29 is 19.4 Å². The molecule has 1 saturated carbocycles. The Morgan fingerprint density at radius 3 is 2.62 bits per heavy atom. The van der Waals surface area contributed by atoms with Gasteiger partial charge in [-0.2, -0.15) is 0 Å². The summed E-state index contributed by atoms with van der Waals surface area (Å²) in [6, 6.07) is 9.54. The van der Waals surface area contributed by atoms with E-state index in [4.69, 9.17) is 4.74 Å². The summed E-state index contributed by atoms with van der Waals surface area (Å²) in [4.78, 5) is 28.0. The van der Waals surface area contributed by atoms with Crippen molar-refractivity contribution in [3.8, 4) is 0 Å². The molecular weight excluding hydrogens is 402 g/mol. The number of ketones is 1. The summed E-state index contributed by atoms with van der Waals surface area (Å²) in [6.07, 6.45) is 6.02. The highest BCUT2D eigenvalue weighted by Gasteiger charge is 2.59. The number of ether oxygens (including phenoxy) is 1. The third-order valence-electron chi connectivity index (χ3n) is 9.04. The van der Waals surface area contributed by atoms with E-state index in [9.17, 15) is 14.7 Å². The number of carbonyl (C=O) groups is 2. The summed E-state index contributed by atoms with van der Waals surface area (Å²) < 4.78 is 5.82. The number of likely N-dealkylation sites (tertiary alicyclic amines) is 1. The van der Waals surface area contributed by atoms with Crippen molar-refractivity contribution in [3.63, 3.8) is 0 Å². The van der Waals surface area contributed by atoms with Gasteiger partial charge in [-0.25, -0.2) is 0 Å². The standard InChI is InChI=1S/C27H35NO4/c1-17-7-6-10-20-15-22-23(25(30)27(17,20)2)21(26(31)32-22)16-28-13-11-19(12-14-28)24(29)18-8-4-3-5-9-18/h3-5,8-10,17,19,21-23,25,30H,6-7,11-16H2,1-2H3/t17-,21+,22-,23-,25+,27-/m1/s1. The smallest absolute Gasteiger partial charge is 0.311 e. The van der Waals surface area contributed by atoms with Crippen LogP contribution in [0.3, 0.4) is 0 Å². The Balaban J connectivity index is 1.25. The van der Waals surface area contributed by atoms with E-state index in [0.717, 1.165) is 50.8 Å². The summed E-state index contributed by atoms with van der Waals surface area (Å²) in [7, 11) is 0. The number of aliphatic hydroxyl groups excluding tert-OH is 1. The summed E-state index contributed by atoms with van der Waals surface area (Å²) in [6.45, 7) is 6.65. The molecule has 5 nitrogen and oxygen atoms in total.